The molecule has 1 aromatic rings. The van der Waals surface area contributed by atoms with Crippen molar-refractivity contribution in [3.05, 3.63) is 40.8 Å². The Morgan fingerprint density at radius 2 is 2.09 bits per heavy atom. The number of rotatable bonds is 2. The quantitative estimate of drug-likeness (QED) is 0.664. The number of benzene rings is 1. The van der Waals surface area contributed by atoms with E-state index < -0.39 is 0 Å². The van der Waals surface area contributed by atoms with Gasteiger partial charge in [0.2, 0.25) is 0 Å². The molecule has 0 atom stereocenters. The van der Waals surface area contributed by atoms with Crippen molar-refractivity contribution in [1.29, 1.82) is 0 Å². The van der Waals surface area contributed by atoms with Crippen molar-refractivity contribution in [3.8, 4) is 0 Å². The maximum absolute atomic E-state index is 8.36. The molecule has 0 unspecified atom stereocenters. The molecule has 1 N–H and O–H groups in total. The van der Waals surface area contributed by atoms with Gasteiger partial charge < -0.3 is 5.02 Å². The predicted octanol–water partition coefficient (Wildman–Crippen LogP) is 1.92. The summed E-state index contributed by atoms with van der Waals surface area (Å²) in [5, 5.41) is 9.05. The van der Waals surface area contributed by atoms with Gasteiger partial charge in [-0.25, -0.2) is 0 Å². The molecule has 1 rings (SSSR count). The van der Waals surface area contributed by atoms with E-state index in [0.29, 0.717) is 5.02 Å². The van der Waals surface area contributed by atoms with E-state index >= 15 is 0 Å². The van der Waals surface area contributed by atoms with E-state index in [1.54, 1.807) is 12.1 Å². The molecule has 0 aromatic heterocycles. The summed E-state index contributed by atoms with van der Waals surface area (Å²) in [5.74, 6) is 1.53. The van der Waals surface area contributed by atoms with Crippen molar-refractivity contribution >= 4 is 25.2 Å². The fraction of sp³-hybridized carbons (Fsp3) is 0. The Labute approximate surface area is 71.6 Å². The third-order valence-corrected chi connectivity index (χ3v) is 1.61. The van der Waals surface area contributed by atoms with Crippen molar-refractivity contribution in [2.45, 2.75) is 0 Å². The minimum atomic E-state index is 0.686. The van der Waals surface area contributed by atoms with E-state index in [0.717, 1.165) is 13.0 Å². The molecule has 0 aliphatic rings. The summed E-state index contributed by atoms with van der Waals surface area (Å²) >= 11 is 5.81. The maximum Gasteiger partial charge on any atom is 0.318 e. The van der Waals surface area contributed by atoms with E-state index in [9.17, 15) is 0 Å². The lowest BCUT2D eigenvalue weighted by Gasteiger charge is -1.94. The topological polar surface area (TPSA) is 20.2 Å². The highest BCUT2D eigenvalue weighted by atomic mass is 35.5. The van der Waals surface area contributed by atoms with Gasteiger partial charge in [-0.2, -0.15) is 0 Å². The fourth-order valence-electron chi connectivity index (χ4n) is 0.757. The Kier molecular flexibility index (Phi) is 3.21. The van der Waals surface area contributed by atoms with Crippen LogP contribution in [0.1, 0.15) is 5.56 Å². The van der Waals surface area contributed by atoms with Gasteiger partial charge in [-0.1, -0.05) is 41.9 Å². The van der Waals surface area contributed by atoms with Gasteiger partial charge in [-0.15, -0.1) is 0 Å². The summed E-state index contributed by atoms with van der Waals surface area (Å²) in [4.78, 5) is 0. The highest BCUT2D eigenvalue weighted by Crippen LogP contribution is 2.15. The zero-order chi connectivity index (χ0) is 8.10. The third kappa shape index (κ3) is 2.41. The first kappa shape index (κ1) is 8.37. The van der Waals surface area contributed by atoms with Crippen molar-refractivity contribution < 1.29 is 5.02 Å². The van der Waals surface area contributed by atoms with Crippen LogP contribution in [0, 0.1) is 0 Å². The Balaban J connectivity index is 2.86. The van der Waals surface area contributed by atoms with Gasteiger partial charge in [-0.3, -0.25) is 0 Å². The molecule has 3 heteroatoms. The van der Waals surface area contributed by atoms with Gasteiger partial charge in [0.1, 0.15) is 0 Å². The molecule has 1 nitrogen and oxygen atoms in total. The van der Waals surface area contributed by atoms with Crippen LogP contribution in [0.4, 0.5) is 0 Å². The summed E-state index contributed by atoms with van der Waals surface area (Å²) in [7, 11) is 0.976. The maximum atomic E-state index is 8.36. The summed E-state index contributed by atoms with van der Waals surface area (Å²) in [6.45, 7) is 0. The fourth-order valence-corrected chi connectivity index (χ4v) is 0.956. The van der Waals surface area contributed by atoms with Crippen LogP contribution in [0.3, 0.4) is 0 Å². The van der Waals surface area contributed by atoms with E-state index in [-0.39, 0.29) is 0 Å². The average Bonchev–Trinajstić information content (AvgIpc) is 2.03. The van der Waals surface area contributed by atoms with Crippen LogP contribution >= 0.6 is 11.6 Å². The van der Waals surface area contributed by atoms with Crippen LogP contribution in [0.5, 0.6) is 0 Å². The molecule has 55 valence electrons. The van der Waals surface area contributed by atoms with Crippen LogP contribution in [0.15, 0.2) is 30.2 Å². The smallest absolute Gasteiger partial charge is 0.318 e. The summed E-state index contributed by atoms with van der Waals surface area (Å²) in [6, 6.07) is 7.44. The van der Waals surface area contributed by atoms with E-state index in [1.807, 2.05) is 18.2 Å². The van der Waals surface area contributed by atoms with Gasteiger partial charge in [0, 0.05) is 5.02 Å². The van der Waals surface area contributed by atoms with Crippen molar-refractivity contribution in [2.75, 3.05) is 0 Å². The van der Waals surface area contributed by atoms with Gasteiger partial charge in [0.15, 0.2) is 0 Å². The Morgan fingerprint density at radius 1 is 1.36 bits per heavy atom. The summed E-state index contributed by atoms with van der Waals surface area (Å²) < 4.78 is 0. The molecule has 0 aliphatic carbocycles. The first-order chi connectivity index (χ1) is 5.34. The van der Waals surface area contributed by atoms with Gasteiger partial charge in [-0.05, 0) is 11.6 Å². The van der Waals surface area contributed by atoms with E-state index in [4.69, 9.17) is 16.6 Å². The highest BCUT2D eigenvalue weighted by Gasteiger charge is 1.91. The first-order valence-electron chi connectivity index (χ1n) is 3.23. The molecule has 1 radical (unpaired) electrons. The number of halogens is 1. The lowest BCUT2D eigenvalue weighted by molar-refractivity contribution is 0.615. The highest BCUT2D eigenvalue weighted by molar-refractivity contribution is 6.35. The minimum absolute atomic E-state index is 0.686. The molecule has 0 amide bonds. The molecule has 0 saturated carbocycles. The predicted molar refractivity (Wildman–Crippen MR) is 48.5 cm³/mol. The summed E-state index contributed by atoms with van der Waals surface area (Å²) in [5.41, 5.74) is 0.902. The number of hydrogen-bond donors (Lipinski definition) is 1. The SMILES string of the molecule is O[B]C=Cc1ccccc1Cl. The summed E-state index contributed by atoms with van der Waals surface area (Å²) in [6.07, 6.45) is 1.74. The third-order valence-electron chi connectivity index (χ3n) is 1.27. The lowest BCUT2D eigenvalue weighted by atomic mass is 10.0. The molecule has 0 bridgehead atoms. The second-order valence-corrected chi connectivity index (χ2v) is 2.44. The molecule has 0 spiro atoms. The molecule has 1 aromatic carbocycles. The van der Waals surface area contributed by atoms with Crippen LogP contribution in [-0.2, 0) is 0 Å². The van der Waals surface area contributed by atoms with Crippen molar-refractivity contribution in [2.24, 2.45) is 0 Å². The van der Waals surface area contributed by atoms with E-state index in [2.05, 4.69) is 0 Å². The second kappa shape index (κ2) is 4.22. The normalized spacial score (nSPS) is 10.4. The zero-order valence-corrected chi connectivity index (χ0v) is 6.62. The monoisotopic (exact) mass is 165 g/mol. The molecule has 0 saturated heterocycles. The largest absolute Gasteiger partial charge is 0.450 e. The molecule has 11 heavy (non-hydrogen) atoms. The van der Waals surface area contributed by atoms with Crippen LogP contribution in [0.25, 0.3) is 6.08 Å². The molecule has 0 aliphatic heterocycles. The minimum Gasteiger partial charge on any atom is -0.450 e. The molecule has 0 fully saturated rings. The van der Waals surface area contributed by atoms with Gasteiger partial charge >= 0.3 is 7.48 Å². The number of hydrogen-bond acceptors (Lipinski definition) is 1. The van der Waals surface area contributed by atoms with Gasteiger partial charge in [0.05, 0.1) is 0 Å². The molecular weight excluding hydrogens is 158 g/mol. The van der Waals surface area contributed by atoms with Crippen LogP contribution < -0.4 is 0 Å². The standard InChI is InChI=1S/C8H7BClO/c10-8-4-2-1-3-7(8)5-6-9-11/h1-6,11H. The Morgan fingerprint density at radius 3 is 2.73 bits per heavy atom. The lowest BCUT2D eigenvalue weighted by Crippen LogP contribution is -1.78. The zero-order valence-electron chi connectivity index (χ0n) is 5.87. The Bertz CT molecular complexity index is 260. The van der Waals surface area contributed by atoms with Gasteiger partial charge in [0.25, 0.3) is 0 Å². The van der Waals surface area contributed by atoms with Crippen LogP contribution in [-0.4, -0.2) is 12.5 Å². The first-order valence-corrected chi connectivity index (χ1v) is 3.61. The van der Waals surface area contributed by atoms with E-state index in [1.165, 1.54) is 5.98 Å². The van der Waals surface area contributed by atoms with Crippen molar-refractivity contribution in [3.63, 3.8) is 0 Å². The average molecular weight is 165 g/mol. The Hall–Kier alpha value is -0.725. The second-order valence-electron chi connectivity index (χ2n) is 2.03. The molecular formula is C8H7BClO. The van der Waals surface area contributed by atoms with Crippen LogP contribution in [0.2, 0.25) is 5.02 Å². The molecule has 0 heterocycles. The van der Waals surface area contributed by atoms with Crippen molar-refractivity contribution in [1.82, 2.24) is 0 Å².